The Labute approximate surface area is 158 Å². The van der Waals surface area contributed by atoms with Gasteiger partial charge in [0.05, 0.1) is 12.2 Å². The van der Waals surface area contributed by atoms with E-state index in [4.69, 9.17) is 12.2 Å². The van der Waals surface area contributed by atoms with Crippen LogP contribution >= 0.6 is 28.1 Å². The molecular weight excluding hydrogens is 398 g/mol. The number of H-pyrrole nitrogens is 1. The van der Waals surface area contributed by atoms with Gasteiger partial charge in [0, 0.05) is 21.8 Å². The Morgan fingerprint density at radius 3 is 2.72 bits per heavy atom. The minimum absolute atomic E-state index is 0.123. The zero-order valence-corrected chi connectivity index (χ0v) is 15.5. The molecule has 0 amide bonds. The molecule has 3 aromatic rings. The van der Waals surface area contributed by atoms with E-state index in [-0.39, 0.29) is 5.88 Å². The van der Waals surface area contributed by atoms with Gasteiger partial charge in [-0.25, -0.2) is 0 Å². The maximum Gasteiger partial charge on any atom is 0.218 e. The highest BCUT2D eigenvalue weighted by molar-refractivity contribution is 9.10. The molecule has 124 valence electrons. The van der Waals surface area contributed by atoms with E-state index in [1.165, 1.54) is 0 Å². The topological polar surface area (TPSA) is 53.3 Å². The molecular formula is C19H14BrN3OS. The molecule has 0 bridgehead atoms. The average Bonchev–Trinajstić information content (AvgIpc) is 3.14. The number of aromatic nitrogens is 2. The van der Waals surface area contributed by atoms with Crippen LogP contribution in [0.4, 0.5) is 5.69 Å². The Bertz CT molecular complexity index is 1060. The molecule has 0 radical (unpaired) electrons. The number of aliphatic imine (C=N–C) groups is 1. The molecule has 1 aromatic heterocycles. The molecule has 4 rings (SSSR count). The third-order valence-electron chi connectivity index (χ3n) is 4.09. The van der Waals surface area contributed by atoms with Crippen LogP contribution in [0.1, 0.15) is 16.8 Å². The molecule has 2 N–H and O–H groups in total. The van der Waals surface area contributed by atoms with Crippen LogP contribution in [-0.4, -0.2) is 20.9 Å². The van der Waals surface area contributed by atoms with Crippen molar-refractivity contribution >= 4 is 51.7 Å². The molecule has 0 spiro atoms. The normalized spacial score (nSPS) is 14.2. The van der Waals surface area contributed by atoms with Gasteiger partial charge in [0.2, 0.25) is 5.88 Å². The van der Waals surface area contributed by atoms with Crippen molar-refractivity contribution in [1.29, 1.82) is 0 Å². The summed E-state index contributed by atoms with van der Waals surface area (Å²) in [5.41, 5.74) is 4.56. The zero-order chi connectivity index (χ0) is 17.4. The number of halogens is 1. The highest BCUT2D eigenvalue weighted by atomic mass is 79.9. The van der Waals surface area contributed by atoms with Crippen LogP contribution in [0.2, 0.25) is 0 Å². The number of imidazole rings is 1. The number of allylic oxidation sites excluding steroid dienone is 1. The van der Waals surface area contributed by atoms with E-state index in [9.17, 15) is 5.11 Å². The lowest BCUT2D eigenvalue weighted by molar-refractivity contribution is 0.422. The molecule has 0 saturated heterocycles. The summed E-state index contributed by atoms with van der Waals surface area (Å²) in [4.78, 5) is 7.47. The largest absolute Gasteiger partial charge is 0.493 e. The van der Waals surface area contributed by atoms with Crippen molar-refractivity contribution in [2.45, 2.75) is 6.54 Å². The van der Waals surface area contributed by atoms with Gasteiger partial charge in [-0.1, -0.05) is 46.3 Å². The van der Waals surface area contributed by atoms with Crippen molar-refractivity contribution in [3.05, 3.63) is 74.6 Å². The van der Waals surface area contributed by atoms with Crippen molar-refractivity contribution in [1.82, 2.24) is 9.55 Å². The van der Waals surface area contributed by atoms with E-state index in [1.54, 1.807) is 10.8 Å². The molecule has 1 aliphatic rings. The van der Waals surface area contributed by atoms with Gasteiger partial charge in [-0.15, -0.1) is 0 Å². The summed E-state index contributed by atoms with van der Waals surface area (Å²) in [6.45, 7) is 0.502. The van der Waals surface area contributed by atoms with E-state index in [0.29, 0.717) is 17.0 Å². The van der Waals surface area contributed by atoms with Crippen LogP contribution in [0.5, 0.6) is 5.88 Å². The molecule has 1 aliphatic heterocycles. The van der Waals surface area contributed by atoms with Crippen LogP contribution < -0.4 is 0 Å². The summed E-state index contributed by atoms with van der Waals surface area (Å²) in [5, 5.41) is 10.6. The summed E-state index contributed by atoms with van der Waals surface area (Å²) in [5.74, 6) is 0.123. The summed E-state index contributed by atoms with van der Waals surface area (Å²) in [6, 6.07) is 15.8. The lowest BCUT2D eigenvalue weighted by Gasteiger charge is -2.05. The van der Waals surface area contributed by atoms with Crippen LogP contribution in [0, 0.1) is 4.77 Å². The highest BCUT2D eigenvalue weighted by Gasteiger charge is 2.15. The van der Waals surface area contributed by atoms with Gasteiger partial charge in [-0.05, 0) is 42.1 Å². The van der Waals surface area contributed by atoms with Crippen LogP contribution in [0.15, 0.2) is 58.0 Å². The number of nitrogens with one attached hydrogen (secondary N) is 1. The number of benzene rings is 2. The quantitative estimate of drug-likeness (QED) is 0.573. The van der Waals surface area contributed by atoms with E-state index < -0.39 is 0 Å². The number of rotatable bonds is 3. The lowest BCUT2D eigenvalue weighted by atomic mass is 10.1. The van der Waals surface area contributed by atoms with Crippen LogP contribution in [0.25, 0.3) is 11.6 Å². The van der Waals surface area contributed by atoms with E-state index in [0.717, 1.165) is 26.9 Å². The number of fused-ring (bicyclic) bond motifs is 1. The number of aromatic hydroxyl groups is 1. The molecule has 0 atom stereocenters. The molecule has 6 heteroatoms. The third-order valence-corrected chi connectivity index (χ3v) is 4.95. The number of hydrogen-bond donors (Lipinski definition) is 2. The monoisotopic (exact) mass is 411 g/mol. The Hall–Kier alpha value is -2.44. The smallest absolute Gasteiger partial charge is 0.218 e. The number of hydrogen-bond acceptors (Lipinski definition) is 3. The molecule has 2 aromatic carbocycles. The highest BCUT2D eigenvalue weighted by Crippen LogP contribution is 2.33. The Morgan fingerprint density at radius 2 is 1.92 bits per heavy atom. The standard InChI is InChI=1S/C19H14BrN3OS/c20-14-7-5-12(6-8-14)11-23-18(24)17(22-19(23)25)9-13-10-21-16-4-2-1-3-15(13)16/h1-10,24H,11H2,(H,22,25). The van der Waals surface area contributed by atoms with Crippen molar-refractivity contribution in [3.63, 3.8) is 0 Å². The van der Waals surface area contributed by atoms with Gasteiger partial charge in [0.15, 0.2) is 4.77 Å². The maximum atomic E-state index is 10.6. The maximum absolute atomic E-state index is 10.6. The fourth-order valence-corrected chi connectivity index (χ4v) is 3.33. The molecule has 2 heterocycles. The van der Waals surface area contributed by atoms with Crippen molar-refractivity contribution < 1.29 is 5.11 Å². The second kappa shape index (κ2) is 6.46. The summed E-state index contributed by atoms with van der Waals surface area (Å²) in [6.07, 6.45) is 3.67. The fourth-order valence-electron chi connectivity index (χ4n) is 2.81. The summed E-state index contributed by atoms with van der Waals surface area (Å²) < 4.78 is 3.18. The molecule has 25 heavy (non-hydrogen) atoms. The van der Waals surface area contributed by atoms with Gasteiger partial charge in [0.1, 0.15) is 5.69 Å². The van der Waals surface area contributed by atoms with Crippen molar-refractivity contribution in [3.8, 4) is 5.88 Å². The van der Waals surface area contributed by atoms with Crippen LogP contribution in [-0.2, 0) is 6.54 Å². The van der Waals surface area contributed by atoms with Gasteiger partial charge in [-0.3, -0.25) is 9.56 Å². The Morgan fingerprint density at radius 1 is 1.16 bits per heavy atom. The SMILES string of the molecule is Oc1c(C=C2C=Nc3ccccc32)[nH]c(=S)n1Cc1ccc(Br)cc1. The van der Waals surface area contributed by atoms with Crippen molar-refractivity contribution in [2.75, 3.05) is 0 Å². The van der Waals surface area contributed by atoms with Crippen LogP contribution in [0.3, 0.4) is 0 Å². The first kappa shape index (κ1) is 16.1. The van der Waals surface area contributed by atoms with Gasteiger partial charge in [-0.2, -0.15) is 0 Å². The van der Waals surface area contributed by atoms with Gasteiger partial charge < -0.3 is 10.1 Å². The number of para-hydroxylation sites is 1. The Kier molecular flexibility index (Phi) is 4.15. The summed E-state index contributed by atoms with van der Waals surface area (Å²) >= 11 is 8.80. The van der Waals surface area contributed by atoms with Gasteiger partial charge >= 0.3 is 0 Å². The minimum atomic E-state index is 0.123. The number of aromatic amines is 1. The Balaban J connectivity index is 1.69. The third kappa shape index (κ3) is 3.10. The van der Waals surface area contributed by atoms with E-state index >= 15 is 0 Å². The minimum Gasteiger partial charge on any atom is -0.493 e. The molecule has 0 aliphatic carbocycles. The average molecular weight is 412 g/mol. The molecule has 0 unspecified atom stereocenters. The first-order chi connectivity index (χ1) is 12.1. The fraction of sp³-hybridized carbons (Fsp3) is 0.0526. The molecule has 0 fully saturated rings. The first-order valence-corrected chi connectivity index (χ1v) is 8.93. The summed E-state index contributed by atoms with van der Waals surface area (Å²) in [7, 11) is 0. The van der Waals surface area contributed by atoms with Crippen molar-refractivity contribution in [2.24, 2.45) is 4.99 Å². The molecule has 4 nitrogen and oxygen atoms in total. The predicted octanol–water partition coefficient (Wildman–Crippen LogP) is 5.32. The first-order valence-electron chi connectivity index (χ1n) is 7.73. The van der Waals surface area contributed by atoms with E-state index in [1.807, 2.05) is 54.6 Å². The molecule has 0 saturated carbocycles. The zero-order valence-electron chi connectivity index (χ0n) is 13.1. The predicted molar refractivity (Wildman–Crippen MR) is 107 cm³/mol. The number of nitrogens with zero attached hydrogens (tertiary/aromatic N) is 2. The second-order valence-corrected chi connectivity index (χ2v) is 7.06. The van der Waals surface area contributed by atoms with E-state index in [2.05, 4.69) is 25.9 Å². The van der Waals surface area contributed by atoms with Gasteiger partial charge in [0.25, 0.3) is 0 Å². The second-order valence-electron chi connectivity index (χ2n) is 5.76. The lowest BCUT2D eigenvalue weighted by Crippen LogP contribution is -1.99.